The number of carbonyl (C=O) groups is 1. The van der Waals surface area contributed by atoms with Crippen LogP contribution in [0.2, 0.25) is 0 Å². The second-order valence-electron chi connectivity index (χ2n) is 9.33. The molecule has 4 rings (SSSR count). The molecule has 0 saturated heterocycles. The third kappa shape index (κ3) is 5.91. The van der Waals surface area contributed by atoms with Crippen LogP contribution in [0.3, 0.4) is 0 Å². The topological polar surface area (TPSA) is 55.8 Å². The molecule has 1 aliphatic carbocycles. The van der Waals surface area contributed by atoms with Crippen LogP contribution in [-0.2, 0) is 11.2 Å². The Morgan fingerprint density at radius 2 is 1.92 bits per heavy atom. The van der Waals surface area contributed by atoms with Gasteiger partial charge in [-0.15, -0.1) is 5.92 Å². The third-order valence-electron chi connectivity index (χ3n) is 6.65. The van der Waals surface area contributed by atoms with E-state index >= 15 is 0 Å². The summed E-state index contributed by atoms with van der Waals surface area (Å²) in [6.45, 7) is 6.74. The Labute approximate surface area is 214 Å². The average Bonchev–Trinajstić information content (AvgIpc) is 3.28. The van der Waals surface area contributed by atoms with Gasteiger partial charge in [-0.05, 0) is 79.6 Å². The maximum atomic E-state index is 11.2. The lowest BCUT2D eigenvalue weighted by atomic mass is 9.95. The second kappa shape index (κ2) is 11.8. The number of hydrogen-bond donors (Lipinski definition) is 1. The highest BCUT2D eigenvalue weighted by molar-refractivity contribution is 5.76. The fourth-order valence-corrected chi connectivity index (χ4v) is 4.84. The molecule has 0 fully saturated rings. The van der Waals surface area contributed by atoms with Gasteiger partial charge in [0.15, 0.2) is 0 Å². The fraction of sp³-hybridized carbons (Fsp3) is 0.344. The Bertz CT molecular complexity index is 1260. The first-order valence-corrected chi connectivity index (χ1v) is 12.8. The first kappa shape index (κ1) is 25.4. The van der Waals surface area contributed by atoms with Crippen LogP contribution in [-0.4, -0.2) is 17.7 Å². The molecule has 4 nitrogen and oxygen atoms in total. The Morgan fingerprint density at radius 1 is 1.11 bits per heavy atom. The third-order valence-corrected chi connectivity index (χ3v) is 6.65. The molecule has 3 aromatic rings. The van der Waals surface area contributed by atoms with Crippen LogP contribution in [0, 0.1) is 18.8 Å². The summed E-state index contributed by atoms with van der Waals surface area (Å²) in [6.07, 6.45) is 3.97. The molecule has 0 aromatic heterocycles. The maximum Gasteiger partial charge on any atom is 0.304 e. The molecule has 0 saturated carbocycles. The monoisotopic (exact) mass is 482 g/mol. The van der Waals surface area contributed by atoms with E-state index in [1.165, 1.54) is 22.3 Å². The van der Waals surface area contributed by atoms with Crippen molar-refractivity contribution in [1.82, 2.24) is 0 Å². The number of fused-ring (bicyclic) bond motifs is 1. The highest BCUT2D eigenvalue weighted by Crippen LogP contribution is 2.42. The first-order valence-electron chi connectivity index (χ1n) is 12.8. The van der Waals surface area contributed by atoms with E-state index in [0.29, 0.717) is 0 Å². The van der Waals surface area contributed by atoms with Crippen molar-refractivity contribution >= 4 is 5.97 Å². The van der Waals surface area contributed by atoms with E-state index in [-0.39, 0.29) is 18.4 Å². The van der Waals surface area contributed by atoms with Gasteiger partial charge < -0.3 is 14.6 Å². The van der Waals surface area contributed by atoms with Gasteiger partial charge in [-0.3, -0.25) is 4.79 Å². The van der Waals surface area contributed by atoms with Crippen LogP contribution < -0.4 is 9.47 Å². The molecular weight excluding hydrogens is 448 g/mol. The Balaban J connectivity index is 1.56. The van der Waals surface area contributed by atoms with Crippen LogP contribution in [0.15, 0.2) is 60.7 Å². The van der Waals surface area contributed by atoms with Crippen molar-refractivity contribution in [2.45, 2.75) is 64.9 Å². The molecular formula is C32H34O4. The van der Waals surface area contributed by atoms with Crippen molar-refractivity contribution in [2.75, 3.05) is 6.61 Å². The minimum atomic E-state index is -0.853. The molecule has 1 unspecified atom stereocenters. The predicted molar refractivity (Wildman–Crippen MR) is 144 cm³/mol. The Morgan fingerprint density at radius 3 is 2.64 bits per heavy atom. The molecule has 0 heterocycles. The molecule has 3 aromatic carbocycles. The van der Waals surface area contributed by atoms with Gasteiger partial charge >= 0.3 is 5.97 Å². The van der Waals surface area contributed by atoms with Crippen LogP contribution in [0.4, 0.5) is 0 Å². The van der Waals surface area contributed by atoms with Gasteiger partial charge in [0.25, 0.3) is 0 Å². The van der Waals surface area contributed by atoms with Gasteiger partial charge in [0.1, 0.15) is 17.6 Å². The molecule has 186 valence electrons. The summed E-state index contributed by atoms with van der Waals surface area (Å²) in [5.74, 6) is 6.39. The smallest absolute Gasteiger partial charge is 0.304 e. The lowest BCUT2D eigenvalue weighted by Gasteiger charge is -2.18. The maximum absolute atomic E-state index is 11.2. The largest absolute Gasteiger partial charge is 0.493 e. The quantitative estimate of drug-likeness (QED) is 0.240. The van der Waals surface area contributed by atoms with E-state index in [4.69, 9.17) is 9.47 Å². The van der Waals surface area contributed by atoms with Crippen LogP contribution in [0.5, 0.6) is 11.5 Å². The number of carboxylic acids is 1. The molecule has 0 bridgehead atoms. The van der Waals surface area contributed by atoms with Gasteiger partial charge in [0, 0.05) is 5.56 Å². The number of ether oxygens (including phenoxy) is 2. The number of aliphatic carboxylic acids is 1. The van der Waals surface area contributed by atoms with Gasteiger partial charge in [0.05, 0.1) is 18.9 Å². The predicted octanol–water partition coefficient (Wildman–Crippen LogP) is 7.49. The van der Waals surface area contributed by atoms with E-state index in [2.05, 4.69) is 62.1 Å². The van der Waals surface area contributed by atoms with Crippen LogP contribution in [0.1, 0.15) is 73.8 Å². The van der Waals surface area contributed by atoms with Gasteiger partial charge in [0.2, 0.25) is 0 Å². The molecule has 0 spiro atoms. The molecule has 36 heavy (non-hydrogen) atoms. The summed E-state index contributed by atoms with van der Waals surface area (Å²) in [5, 5.41) is 9.20. The summed E-state index contributed by atoms with van der Waals surface area (Å²) in [5.41, 5.74) is 7.02. The molecule has 0 amide bonds. The Kier molecular flexibility index (Phi) is 8.33. The SMILES string of the molecule is CC#C[C@@H](CC(=O)O)c1ccc(OC2CCc3c(-c4cc(C)ccc4OCCCC)cccc32)cc1. The van der Waals surface area contributed by atoms with E-state index in [0.717, 1.165) is 54.9 Å². The van der Waals surface area contributed by atoms with E-state index in [9.17, 15) is 9.90 Å². The van der Waals surface area contributed by atoms with Crippen molar-refractivity contribution in [3.63, 3.8) is 0 Å². The molecule has 0 radical (unpaired) electrons. The van der Waals surface area contributed by atoms with Crippen molar-refractivity contribution in [2.24, 2.45) is 0 Å². The minimum absolute atomic E-state index is 0.0110. The normalized spacial score (nSPS) is 14.9. The van der Waals surface area contributed by atoms with Gasteiger partial charge in [-0.25, -0.2) is 0 Å². The van der Waals surface area contributed by atoms with E-state index in [1.807, 2.05) is 24.3 Å². The second-order valence-corrected chi connectivity index (χ2v) is 9.33. The fourth-order valence-electron chi connectivity index (χ4n) is 4.84. The lowest BCUT2D eigenvalue weighted by molar-refractivity contribution is -0.137. The lowest BCUT2D eigenvalue weighted by Crippen LogP contribution is -2.06. The number of hydrogen-bond acceptors (Lipinski definition) is 3. The molecule has 1 aliphatic rings. The van der Waals surface area contributed by atoms with Crippen molar-refractivity contribution in [1.29, 1.82) is 0 Å². The first-order chi connectivity index (χ1) is 17.5. The zero-order valence-corrected chi connectivity index (χ0v) is 21.3. The zero-order valence-electron chi connectivity index (χ0n) is 21.3. The molecule has 1 N–H and O–H groups in total. The number of rotatable bonds is 10. The van der Waals surface area contributed by atoms with Crippen molar-refractivity contribution in [3.8, 4) is 34.5 Å². The van der Waals surface area contributed by atoms with Crippen LogP contribution >= 0.6 is 0 Å². The highest BCUT2D eigenvalue weighted by atomic mass is 16.5. The van der Waals surface area contributed by atoms with Crippen LogP contribution in [0.25, 0.3) is 11.1 Å². The summed E-state index contributed by atoms with van der Waals surface area (Å²) < 4.78 is 12.6. The number of benzene rings is 3. The molecule has 4 heteroatoms. The number of carboxylic acid groups (broad SMARTS) is 1. The van der Waals surface area contributed by atoms with Gasteiger partial charge in [-0.2, -0.15) is 0 Å². The molecule has 0 aliphatic heterocycles. The van der Waals surface area contributed by atoms with Crippen molar-refractivity contribution < 1.29 is 19.4 Å². The number of aryl methyl sites for hydroxylation is 1. The van der Waals surface area contributed by atoms with E-state index in [1.54, 1.807) is 6.92 Å². The molecule has 2 atom stereocenters. The highest BCUT2D eigenvalue weighted by Gasteiger charge is 2.27. The minimum Gasteiger partial charge on any atom is -0.493 e. The number of unbranched alkanes of at least 4 members (excludes halogenated alkanes) is 1. The zero-order chi connectivity index (χ0) is 25.5. The van der Waals surface area contributed by atoms with E-state index < -0.39 is 5.97 Å². The summed E-state index contributed by atoms with van der Waals surface area (Å²) in [7, 11) is 0. The average molecular weight is 483 g/mol. The van der Waals surface area contributed by atoms with Gasteiger partial charge in [-0.1, -0.05) is 61.2 Å². The summed E-state index contributed by atoms with van der Waals surface area (Å²) >= 11 is 0. The Hall–Kier alpha value is -3.71. The summed E-state index contributed by atoms with van der Waals surface area (Å²) in [4.78, 5) is 11.2. The summed E-state index contributed by atoms with van der Waals surface area (Å²) in [6, 6.07) is 20.6. The van der Waals surface area contributed by atoms with Crippen molar-refractivity contribution in [3.05, 3.63) is 82.9 Å². The standard InChI is InChI=1S/C32H34O4/c1-4-6-19-35-30-17-11-22(3)20-29(30)26-9-7-10-28-27(26)16-18-31(28)36-25-14-12-23(13-15-25)24(8-5-2)21-32(33)34/h7,9-15,17,20,24,31H,4,6,16,18-19,21H2,1-3H3,(H,33,34)/t24-,31?/m0/s1.